The highest BCUT2D eigenvalue weighted by atomic mass is 16.1. The van der Waals surface area contributed by atoms with Crippen LogP contribution in [0.3, 0.4) is 0 Å². The van der Waals surface area contributed by atoms with E-state index in [1.165, 1.54) is 25.6 Å². The highest BCUT2D eigenvalue weighted by Crippen LogP contribution is 2.18. The Labute approximate surface area is 130 Å². The number of anilines is 2. The van der Waals surface area contributed by atoms with Crippen molar-refractivity contribution in [2.45, 2.75) is 38.1 Å². The molecule has 2 aromatic rings. The van der Waals surface area contributed by atoms with Gasteiger partial charge in [0.2, 0.25) is 0 Å². The van der Waals surface area contributed by atoms with Crippen LogP contribution in [0, 0.1) is 0 Å². The Morgan fingerprint density at radius 1 is 1.05 bits per heavy atom. The molecule has 3 rings (SSSR count). The number of hydrogen-bond acceptors (Lipinski definition) is 4. The molecule has 5 heteroatoms. The third-order valence-corrected chi connectivity index (χ3v) is 3.89. The predicted molar refractivity (Wildman–Crippen MR) is 86.1 cm³/mol. The van der Waals surface area contributed by atoms with E-state index < -0.39 is 0 Å². The molecule has 1 aliphatic rings. The molecule has 0 aliphatic heterocycles. The molecule has 114 valence electrons. The number of nitrogens with one attached hydrogen (secondary N) is 2. The fraction of sp³-hybridized carbons (Fsp3) is 0.353. The molecule has 0 unspecified atom stereocenters. The van der Waals surface area contributed by atoms with Gasteiger partial charge in [-0.2, -0.15) is 0 Å². The zero-order valence-electron chi connectivity index (χ0n) is 12.5. The van der Waals surface area contributed by atoms with E-state index in [2.05, 4.69) is 20.6 Å². The van der Waals surface area contributed by atoms with Crippen LogP contribution < -0.4 is 10.6 Å². The average molecular weight is 296 g/mol. The van der Waals surface area contributed by atoms with E-state index >= 15 is 0 Å². The Bertz CT molecular complexity index is 624. The lowest BCUT2D eigenvalue weighted by Crippen LogP contribution is -2.36. The molecular weight excluding hydrogens is 276 g/mol. The minimum atomic E-state index is -0.120. The second kappa shape index (κ2) is 7.02. The van der Waals surface area contributed by atoms with Crippen molar-refractivity contribution >= 4 is 17.4 Å². The van der Waals surface area contributed by atoms with Gasteiger partial charge in [-0.1, -0.05) is 37.5 Å². The number of rotatable bonds is 4. The van der Waals surface area contributed by atoms with Gasteiger partial charge in [0.05, 0.1) is 0 Å². The van der Waals surface area contributed by atoms with Gasteiger partial charge in [-0.15, -0.1) is 0 Å². The average Bonchev–Trinajstić information content (AvgIpc) is 2.57. The molecule has 1 saturated carbocycles. The lowest BCUT2D eigenvalue weighted by atomic mass is 9.95. The Kier molecular flexibility index (Phi) is 4.63. The number of benzene rings is 1. The first-order chi connectivity index (χ1) is 10.8. The summed E-state index contributed by atoms with van der Waals surface area (Å²) in [4.78, 5) is 20.5. The summed E-state index contributed by atoms with van der Waals surface area (Å²) >= 11 is 0. The van der Waals surface area contributed by atoms with Crippen molar-refractivity contribution < 1.29 is 4.79 Å². The summed E-state index contributed by atoms with van der Waals surface area (Å²) in [6.07, 6.45) is 7.19. The quantitative estimate of drug-likeness (QED) is 0.908. The fourth-order valence-electron chi connectivity index (χ4n) is 2.73. The normalized spacial score (nSPS) is 15.3. The van der Waals surface area contributed by atoms with Gasteiger partial charge < -0.3 is 10.6 Å². The van der Waals surface area contributed by atoms with Crippen molar-refractivity contribution in [1.82, 2.24) is 15.3 Å². The number of hydrogen-bond donors (Lipinski definition) is 2. The van der Waals surface area contributed by atoms with E-state index in [4.69, 9.17) is 0 Å². The Morgan fingerprint density at radius 2 is 1.82 bits per heavy atom. The van der Waals surface area contributed by atoms with E-state index in [9.17, 15) is 4.79 Å². The lowest BCUT2D eigenvalue weighted by Gasteiger charge is -2.22. The molecule has 0 bridgehead atoms. The maximum atomic E-state index is 12.3. The number of carbonyl (C=O) groups is 1. The molecule has 1 aromatic heterocycles. The first-order valence-corrected chi connectivity index (χ1v) is 7.76. The van der Waals surface area contributed by atoms with Gasteiger partial charge in [0.15, 0.2) is 0 Å². The SMILES string of the molecule is O=C(NC1CCCCC1)c1cc(Nc2ccccc2)ncn1. The standard InChI is InChI=1S/C17H20N4O/c22-17(21-14-9-5-2-6-10-14)15-11-16(19-12-18-15)20-13-7-3-1-4-8-13/h1,3-4,7-8,11-12,14H,2,5-6,9-10H2,(H,21,22)(H,18,19,20). The first kappa shape index (κ1) is 14.5. The van der Waals surface area contributed by atoms with E-state index in [-0.39, 0.29) is 11.9 Å². The van der Waals surface area contributed by atoms with Gasteiger partial charge in [0, 0.05) is 17.8 Å². The maximum Gasteiger partial charge on any atom is 0.270 e. The van der Waals surface area contributed by atoms with E-state index in [0.717, 1.165) is 18.5 Å². The number of aromatic nitrogens is 2. The Balaban J connectivity index is 1.66. The summed E-state index contributed by atoms with van der Waals surface area (Å²) in [6, 6.07) is 11.7. The van der Waals surface area contributed by atoms with Crippen molar-refractivity contribution in [3.63, 3.8) is 0 Å². The van der Waals surface area contributed by atoms with Crippen LogP contribution in [0.4, 0.5) is 11.5 Å². The summed E-state index contributed by atoms with van der Waals surface area (Å²) in [5, 5.41) is 6.24. The highest BCUT2D eigenvalue weighted by molar-refractivity contribution is 5.93. The van der Waals surface area contributed by atoms with Crippen molar-refractivity contribution in [2.75, 3.05) is 5.32 Å². The molecule has 2 N–H and O–H groups in total. The molecule has 1 fully saturated rings. The van der Waals surface area contributed by atoms with Crippen LogP contribution in [0.2, 0.25) is 0 Å². The van der Waals surface area contributed by atoms with Crippen molar-refractivity contribution in [1.29, 1.82) is 0 Å². The van der Waals surface area contributed by atoms with Crippen LogP contribution in [0.1, 0.15) is 42.6 Å². The molecule has 1 heterocycles. The minimum absolute atomic E-state index is 0.120. The monoisotopic (exact) mass is 296 g/mol. The summed E-state index contributed by atoms with van der Waals surface area (Å²) in [6.45, 7) is 0. The van der Waals surface area contributed by atoms with E-state index in [1.54, 1.807) is 6.07 Å². The molecule has 1 amide bonds. The van der Waals surface area contributed by atoms with Gasteiger partial charge in [0.1, 0.15) is 17.8 Å². The predicted octanol–water partition coefficient (Wildman–Crippen LogP) is 3.28. The van der Waals surface area contributed by atoms with Gasteiger partial charge in [-0.05, 0) is 25.0 Å². The van der Waals surface area contributed by atoms with E-state index in [0.29, 0.717) is 11.5 Å². The largest absolute Gasteiger partial charge is 0.348 e. The van der Waals surface area contributed by atoms with Crippen molar-refractivity contribution in [3.8, 4) is 0 Å². The third kappa shape index (κ3) is 3.81. The minimum Gasteiger partial charge on any atom is -0.348 e. The molecule has 0 spiro atoms. The zero-order chi connectivity index (χ0) is 15.2. The fourth-order valence-corrected chi connectivity index (χ4v) is 2.73. The van der Waals surface area contributed by atoms with Crippen molar-refractivity contribution in [3.05, 3.63) is 48.4 Å². The van der Waals surface area contributed by atoms with Crippen LogP contribution in [0.15, 0.2) is 42.7 Å². The number of amides is 1. The van der Waals surface area contributed by atoms with Gasteiger partial charge in [-0.25, -0.2) is 9.97 Å². The number of carbonyl (C=O) groups excluding carboxylic acids is 1. The molecule has 5 nitrogen and oxygen atoms in total. The Hall–Kier alpha value is -2.43. The highest BCUT2D eigenvalue weighted by Gasteiger charge is 2.17. The van der Waals surface area contributed by atoms with Crippen LogP contribution in [-0.2, 0) is 0 Å². The maximum absolute atomic E-state index is 12.3. The molecule has 0 radical (unpaired) electrons. The summed E-state index contributed by atoms with van der Waals surface area (Å²) in [7, 11) is 0. The first-order valence-electron chi connectivity index (χ1n) is 7.76. The second-order valence-electron chi connectivity index (χ2n) is 5.59. The van der Waals surface area contributed by atoms with Crippen LogP contribution >= 0.6 is 0 Å². The molecule has 0 atom stereocenters. The molecule has 22 heavy (non-hydrogen) atoms. The third-order valence-electron chi connectivity index (χ3n) is 3.89. The van der Waals surface area contributed by atoms with E-state index in [1.807, 2.05) is 30.3 Å². The van der Waals surface area contributed by atoms with Crippen LogP contribution in [0.5, 0.6) is 0 Å². The van der Waals surface area contributed by atoms with Gasteiger partial charge >= 0.3 is 0 Å². The summed E-state index contributed by atoms with van der Waals surface area (Å²) in [5.74, 6) is 0.500. The molecule has 0 saturated heterocycles. The Morgan fingerprint density at radius 3 is 2.59 bits per heavy atom. The zero-order valence-corrected chi connectivity index (χ0v) is 12.5. The van der Waals surface area contributed by atoms with Crippen molar-refractivity contribution in [2.24, 2.45) is 0 Å². The number of nitrogens with zero attached hydrogens (tertiary/aromatic N) is 2. The lowest BCUT2D eigenvalue weighted by molar-refractivity contribution is 0.0922. The van der Waals surface area contributed by atoms with Crippen LogP contribution in [-0.4, -0.2) is 21.9 Å². The van der Waals surface area contributed by atoms with Gasteiger partial charge in [-0.3, -0.25) is 4.79 Å². The van der Waals surface area contributed by atoms with Gasteiger partial charge in [0.25, 0.3) is 5.91 Å². The second-order valence-corrected chi connectivity index (χ2v) is 5.59. The number of para-hydroxylation sites is 1. The summed E-state index contributed by atoms with van der Waals surface area (Å²) < 4.78 is 0. The molecule has 1 aliphatic carbocycles. The molecular formula is C17H20N4O. The molecule has 1 aromatic carbocycles. The van der Waals surface area contributed by atoms with Crippen LogP contribution in [0.25, 0.3) is 0 Å². The summed E-state index contributed by atoms with van der Waals surface area (Å²) in [5.41, 5.74) is 1.33. The topological polar surface area (TPSA) is 66.9 Å². The smallest absolute Gasteiger partial charge is 0.270 e.